The predicted octanol–water partition coefficient (Wildman–Crippen LogP) is -1.75. The molecule has 21 heavy (non-hydrogen) atoms. The van der Waals surface area contributed by atoms with E-state index in [1.807, 2.05) is 0 Å². The van der Waals surface area contributed by atoms with Gasteiger partial charge in [-0.1, -0.05) is 0 Å². The molecule has 1 saturated heterocycles. The van der Waals surface area contributed by atoms with E-state index in [2.05, 4.69) is 15.6 Å². The number of hydrogen-bond donors (Lipinski definition) is 3. The highest BCUT2D eigenvalue weighted by molar-refractivity contribution is 6.04. The lowest BCUT2D eigenvalue weighted by molar-refractivity contribution is -0.130. The highest BCUT2D eigenvalue weighted by Gasteiger charge is 2.29. The van der Waals surface area contributed by atoms with E-state index in [4.69, 9.17) is 5.11 Å². The first-order valence-corrected chi connectivity index (χ1v) is 6.07. The van der Waals surface area contributed by atoms with Gasteiger partial charge in [-0.3, -0.25) is 14.5 Å². The molecule has 0 unspecified atom stereocenters. The molecule has 0 saturated carbocycles. The molecule has 112 valence electrons. The molecule has 2 heterocycles. The molecular formula is C11H13N5O5. The van der Waals surface area contributed by atoms with Crippen LogP contribution in [0, 0.1) is 0 Å². The molecule has 0 spiro atoms. The zero-order valence-electron chi connectivity index (χ0n) is 10.9. The number of hydrogen-bond acceptors (Lipinski definition) is 5. The molecule has 1 aromatic rings. The molecule has 10 heteroatoms. The maximum absolute atomic E-state index is 11.6. The summed E-state index contributed by atoms with van der Waals surface area (Å²) in [5.41, 5.74) is -0.0827. The first-order valence-electron chi connectivity index (χ1n) is 6.07. The summed E-state index contributed by atoms with van der Waals surface area (Å²) in [4.78, 5) is 49.2. The lowest BCUT2D eigenvalue weighted by Gasteiger charge is -2.12. The van der Waals surface area contributed by atoms with Crippen molar-refractivity contribution in [2.45, 2.75) is 6.54 Å². The minimum Gasteiger partial charge on any atom is -0.476 e. The summed E-state index contributed by atoms with van der Waals surface area (Å²) in [6.45, 7) is 0.109. The highest BCUT2D eigenvalue weighted by atomic mass is 16.4. The zero-order chi connectivity index (χ0) is 15.4. The van der Waals surface area contributed by atoms with E-state index in [1.54, 1.807) is 0 Å². The van der Waals surface area contributed by atoms with Crippen LogP contribution >= 0.6 is 0 Å². The summed E-state index contributed by atoms with van der Waals surface area (Å²) >= 11 is 0. The van der Waals surface area contributed by atoms with Gasteiger partial charge in [-0.25, -0.2) is 14.6 Å². The van der Waals surface area contributed by atoms with Crippen LogP contribution < -0.4 is 10.6 Å². The standard InChI is InChI=1S/C11H13N5O5/c17-8(5-16-9(18)3-13-11(16)21)12-1-2-15-4-7(10(19)20)14-6-15/h4,6H,1-3,5H2,(H,12,17)(H,13,21)(H,19,20). The second-order valence-electron chi connectivity index (χ2n) is 4.29. The number of aromatic nitrogens is 2. The number of rotatable bonds is 6. The Morgan fingerprint density at radius 3 is 2.76 bits per heavy atom. The summed E-state index contributed by atoms with van der Waals surface area (Å²) in [5.74, 6) is -2.05. The summed E-state index contributed by atoms with van der Waals surface area (Å²) in [5, 5.41) is 13.5. The van der Waals surface area contributed by atoms with Crippen LogP contribution in [0.5, 0.6) is 0 Å². The number of nitrogens with zero attached hydrogens (tertiary/aromatic N) is 3. The topological polar surface area (TPSA) is 134 Å². The van der Waals surface area contributed by atoms with Crippen LogP contribution in [-0.2, 0) is 16.1 Å². The Balaban J connectivity index is 1.75. The maximum atomic E-state index is 11.6. The van der Waals surface area contributed by atoms with Crippen molar-refractivity contribution >= 4 is 23.8 Å². The average Bonchev–Trinajstić information content (AvgIpc) is 3.01. The number of aromatic carboxylic acids is 1. The number of carbonyl (C=O) groups excluding carboxylic acids is 3. The van der Waals surface area contributed by atoms with Gasteiger partial charge < -0.3 is 20.3 Å². The fourth-order valence-corrected chi connectivity index (χ4v) is 1.73. The van der Waals surface area contributed by atoms with Crippen LogP contribution in [0.3, 0.4) is 0 Å². The third kappa shape index (κ3) is 3.55. The van der Waals surface area contributed by atoms with Crippen molar-refractivity contribution < 1.29 is 24.3 Å². The normalized spacial score (nSPS) is 14.2. The number of imidazole rings is 1. The number of carboxylic acid groups (broad SMARTS) is 1. The summed E-state index contributed by atoms with van der Waals surface area (Å²) in [6, 6.07) is -0.587. The Morgan fingerprint density at radius 1 is 1.43 bits per heavy atom. The fourth-order valence-electron chi connectivity index (χ4n) is 1.73. The minimum atomic E-state index is -1.13. The van der Waals surface area contributed by atoms with Crippen molar-refractivity contribution in [1.29, 1.82) is 0 Å². The molecule has 2 rings (SSSR count). The molecule has 0 aromatic carbocycles. The molecule has 0 radical (unpaired) electrons. The highest BCUT2D eigenvalue weighted by Crippen LogP contribution is 1.98. The van der Waals surface area contributed by atoms with Crippen molar-refractivity contribution in [2.24, 2.45) is 0 Å². The Bertz CT molecular complexity index is 580. The molecule has 1 aliphatic rings. The molecule has 0 atom stereocenters. The third-order valence-electron chi connectivity index (χ3n) is 2.78. The van der Waals surface area contributed by atoms with Crippen LogP contribution in [0.25, 0.3) is 0 Å². The van der Waals surface area contributed by atoms with Gasteiger partial charge in [0.25, 0.3) is 5.91 Å². The lowest BCUT2D eigenvalue weighted by atomic mass is 10.4. The lowest BCUT2D eigenvalue weighted by Crippen LogP contribution is -2.41. The monoisotopic (exact) mass is 295 g/mol. The Labute approximate surface area is 118 Å². The molecular weight excluding hydrogens is 282 g/mol. The van der Waals surface area contributed by atoms with Gasteiger partial charge in [0.1, 0.15) is 6.54 Å². The van der Waals surface area contributed by atoms with Crippen molar-refractivity contribution in [3.8, 4) is 0 Å². The van der Waals surface area contributed by atoms with Gasteiger partial charge in [-0.05, 0) is 0 Å². The molecule has 0 bridgehead atoms. The average molecular weight is 295 g/mol. The first-order chi connectivity index (χ1) is 9.97. The van der Waals surface area contributed by atoms with E-state index in [-0.39, 0.29) is 25.3 Å². The van der Waals surface area contributed by atoms with Gasteiger partial charge in [0.15, 0.2) is 5.69 Å². The van der Waals surface area contributed by atoms with Crippen molar-refractivity contribution in [1.82, 2.24) is 25.1 Å². The third-order valence-corrected chi connectivity index (χ3v) is 2.78. The summed E-state index contributed by atoms with van der Waals surface area (Å²) in [7, 11) is 0. The quantitative estimate of drug-likeness (QED) is 0.533. The van der Waals surface area contributed by atoms with Gasteiger partial charge in [0.05, 0.1) is 12.9 Å². The van der Waals surface area contributed by atoms with Gasteiger partial charge in [0, 0.05) is 19.3 Å². The predicted molar refractivity (Wildman–Crippen MR) is 67.3 cm³/mol. The Hall–Kier alpha value is -2.91. The first kappa shape index (κ1) is 14.5. The van der Waals surface area contributed by atoms with Gasteiger partial charge in [0.2, 0.25) is 5.91 Å². The fraction of sp³-hybridized carbons (Fsp3) is 0.364. The molecule has 0 aliphatic carbocycles. The van der Waals surface area contributed by atoms with Crippen LogP contribution in [0.2, 0.25) is 0 Å². The number of urea groups is 1. The molecule has 4 amide bonds. The van der Waals surface area contributed by atoms with Gasteiger partial charge in [-0.2, -0.15) is 0 Å². The van der Waals surface area contributed by atoms with E-state index in [9.17, 15) is 19.2 Å². The molecule has 1 aromatic heterocycles. The van der Waals surface area contributed by atoms with Crippen LogP contribution in [0.15, 0.2) is 12.5 Å². The second kappa shape index (κ2) is 6.03. The van der Waals surface area contributed by atoms with Gasteiger partial charge >= 0.3 is 12.0 Å². The van der Waals surface area contributed by atoms with Crippen molar-refractivity contribution in [3.05, 3.63) is 18.2 Å². The van der Waals surface area contributed by atoms with Crippen LogP contribution in [0.4, 0.5) is 4.79 Å². The van der Waals surface area contributed by atoms with Crippen molar-refractivity contribution in [2.75, 3.05) is 19.6 Å². The Morgan fingerprint density at radius 2 is 2.19 bits per heavy atom. The minimum absolute atomic E-state index is 0.0827. The maximum Gasteiger partial charge on any atom is 0.356 e. The number of carboxylic acids is 1. The molecule has 1 fully saturated rings. The second-order valence-corrected chi connectivity index (χ2v) is 4.29. The molecule has 1 aliphatic heterocycles. The summed E-state index contributed by atoms with van der Waals surface area (Å²) < 4.78 is 1.51. The molecule has 10 nitrogen and oxygen atoms in total. The number of carbonyl (C=O) groups is 4. The number of imide groups is 1. The van der Waals surface area contributed by atoms with Crippen LogP contribution in [0.1, 0.15) is 10.5 Å². The summed E-state index contributed by atoms with van der Waals surface area (Å²) in [6.07, 6.45) is 2.68. The number of amides is 4. The van der Waals surface area contributed by atoms with E-state index in [1.165, 1.54) is 17.1 Å². The van der Waals surface area contributed by atoms with E-state index in [0.717, 1.165) is 4.90 Å². The van der Waals surface area contributed by atoms with Crippen molar-refractivity contribution in [3.63, 3.8) is 0 Å². The van der Waals surface area contributed by atoms with E-state index >= 15 is 0 Å². The number of nitrogens with one attached hydrogen (secondary N) is 2. The van der Waals surface area contributed by atoms with E-state index < -0.39 is 23.8 Å². The largest absolute Gasteiger partial charge is 0.476 e. The molecule has 3 N–H and O–H groups in total. The van der Waals surface area contributed by atoms with E-state index in [0.29, 0.717) is 6.54 Å². The smallest absolute Gasteiger partial charge is 0.356 e. The van der Waals surface area contributed by atoms with Gasteiger partial charge in [-0.15, -0.1) is 0 Å². The SMILES string of the molecule is O=C(CN1C(=O)CNC1=O)NCCn1cnc(C(=O)O)c1. The van der Waals surface area contributed by atoms with Crippen LogP contribution in [-0.4, -0.2) is 63.0 Å². The Kier molecular flexibility index (Phi) is 4.16. The zero-order valence-corrected chi connectivity index (χ0v) is 10.9.